The molecular formula is C17H20N4O4S. The molecular weight excluding hydrogens is 356 g/mol. The van der Waals surface area contributed by atoms with Crippen LogP contribution in [0.1, 0.15) is 30.6 Å². The lowest BCUT2D eigenvalue weighted by molar-refractivity contribution is -0.142. The summed E-state index contributed by atoms with van der Waals surface area (Å²) >= 11 is 1.06. The molecule has 0 saturated carbocycles. The first-order valence-corrected chi connectivity index (χ1v) is 8.93. The first-order chi connectivity index (χ1) is 12.5. The van der Waals surface area contributed by atoms with E-state index in [4.69, 9.17) is 10.5 Å². The lowest BCUT2D eigenvalue weighted by Gasteiger charge is -2.13. The minimum absolute atomic E-state index is 0.126. The number of anilines is 2. The Morgan fingerprint density at radius 2 is 2.00 bits per heavy atom. The molecule has 2 rings (SSSR count). The fourth-order valence-electron chi connectivity index (χ4n) is 2.09. The first-order valence-electron chi connectivity index (χ1n) is 8.05. The lowest BCUT2D eigenvalue weighted by atomic mass is 10.2. The van der Waals surface area contributed by atoms with Crippen LogP contribution in [0.25, 0.3) is 0 Å². The molecule has 0 unspecified atom stereocenters. The van der Waals surface area contributed by atoms with Crippen molar-refractivity contribution in [3.63, 3.8) is 0 Å². The van der Waals surface area contributed by atoms with Gasteiger partial charge < -0.3 is 15.8 Å². The second-order valence-electron chi connectivity index (χ2n) is 5.22. The van der Waals surface area contributed by atoms with Crippen LogP contribution in [0, 0.1) is 0 Å². The maximum atomic E-state index is 12.3. The number of nitrogen functional groups attached to an aromatic ring is 1. The van der Waals surface area contributed by atoms with Crippen molar-refractivity contribution < 1.29 is 14.3 Å². The number of carbonyl (C=O) groups excluding carboxylic acids is 2. The number of ether oxygens (including phenoxy) is 1. The van der Waals surface area contributed by atoms with E-state index >= 15 is 0 Å². The highest BCUT2D eigenvalue weighted by Crippen LogP contribution is 2.24. The number of nitrogens with two attached hydrogens (primary N) is 1. The predicted molar refractivity (Wildman–Crippen MR) is 100 cm³/mol. The summed E-state index contributed by atoms with van der Waals surface area (Å²) in [5.74, 6) is -0.982. The number of amides is 1. The Labute approximate surface area is 154 Å². The number of H-pyrrole nitrogens is 1. The Balaban J connectivity index is 2.18. The summed E-state index contributed by atoms with van der Waals surface area (Å²) in [6, 6.07) is 8.42. The molecule has 1 aromatic heterocycles. The number of benzene rings is 1. The molecule has 138 valence electrons. The van der Waals surface area contributed by atoms with Gasteiger partial charge in [0.1, 0.15) is 10.9 Å². The van der Waals surface area contributed by atoms with Crippen molar-refractivity contribution in [1.29, 1.82) is 0 Å². The van der Waals surface area contributed by atoms with Crippen LogP contribution in [0.2, 0.25) is 0 Å². The molecule has 1 amide bonds. The highest BCUT2D eigenvalue weighted by Gasteiger charge is 2.22. The Morgan fingerprint density at radius 1 is 1.31 bits per heavy atom. The normalized spacial score (nSPS) is 11.6. The van der Waals surface area contributed by atoms with Crippen molar-refractivity contribution in [2.45, 2.75) is 30.7 Å². The summed E-state index contributed by atoms with van der Waals surface area (Å²) in [6.07, 6.45) is 0.500. The van der Waals surface area contributed by atoms with Crippen molar-refractivity contribution in [2.24, 2.45) is 0 Å². The van der Waals surface area contributed by atoms with Gasteiger partial charge in [-0.1, -0.05) is 36.9 Å². The van der Waals surface area contributed by atoms with Gasteiger partial charge in [0.05, 0.1) is 6.61 Å². The minimum atomic E-state index is -0.594. The SMILES string of the molecule is CCOC(=O)[C@H](CC)Sc1nc(N)c(NC(=O)c2ccccc2)c(=O)[nH]1. The monoisotopic (exact) mass is 376 g/mol. The largest absolute Gasteiger partial charge is 0.465 e. The van der Waals surface area contributed by atoms with Gasteiger partial charge in [0.15, 0.2) is 11.0 Å². The molecule has 8 nitrogen and oxygen atoms in total. The van der Waals surface area contributed by atoms with E-state index in [-0.39, 0.29) is 29.2 Å². The van der Waals surface area contributed by atoms with Gasteiger partial charge in [0.25, 0.3) is 11.5 Å². The highest BCUT2D eigenvalue weighted by atomic mass is 32.2. The Kier molecular flexibility index (Phi) is 6.79. The van der Waals surface area contributed by atoms with Gasteiger partial charge >= 0.3 is 5.97 Å². The number of hydrogen-bond acceptors (Lipinski definition) is 7. The predicted octanol–water partition coefficient (Wildman–Crippen LogP) is 2.04. The van der Waals surface area contributed by atoms with Gasteiger partial charge in [-0.15, -0.1) is 0 Å². The van der Waals surface area contributed by atoms with E-state index in [1.807, 2.05) is 6.92 Å². The quantitative estimate of drug-likeness (QED) is 0.383. The molecule has 0 aliphatic heterocycles. The number of thioether (sulfide) groups is 1. The molecule has 0 spiro atoms. The van der Waals surface area contributed by atoms with Crippen LogP contribution < -0.4 is 16.6 Å². The molecule has 1 atom stereocenters. The van der Waals surface area contributed by atoms with E-state index in [9.17, 15) is 14.4 Å². The van der Waals surface area contributed by atoms with E-state index in [0.717, 1.165) is 11.8 Å². The smallest absolute Gasteiger partial charge is 0.319 e. The van der Waals surface area contributed by atoms with Gasteiger partial charge in [0.2, 0.25) is 0 Å². The van der Waals surface area contributed by atoms with Crippen LogP contribution in [-0.2, 0) is 9.53 Å². The van der Waals surface area contributed by atoms with Gasteiger partial charge in [-0.2, -0.15) is 0 Å². The number of hydrogen-bond donors (Lipinski definition) is 3. The van der Waals surface area contributed by atoms with Gasteiger partial charge in [-0.05, 0) is 25.5 Å². The zero-order valence-corrected chi connectivity index (χ0v) is 15.3. The molecule has 26 heavy (non-hydrogen) atoms. The summed E-state index contributed by atoms with van der Waals surface area (Å²) in [4.78, 5) is 42.9. The fraction of sp³-hybridized carbons (Fsp3) is 0.294. The van der Waals surface area contributed by atoms with Gasteiger partial charge in [-0.3, -0.25) is 19.4 Å². The number of carbonyl (C=O) groups is 2. The number of nitrogens with zero attached hydrogens (tertiary/aromatic N) is 1. The van der Waals surface area contributed by atoms with Crippen LogP contribution in [0.5, 0.6) is 0 Å². The number of aromatic nitrogens is 2. The van der Waals surface area contributed by atoms with Crippen molar-refractivity contribution >= 4 is 35.1 Å². The van der Waals surface area contributed by atoms with E-state index in [0.29, 0.717) is 12.0 Å². The highest BCUT2D eigenvalue weighted by molar-refractivity contribution is 8.00. The maximum Gasteiger partial charge on any atom is 0.319 e. The fourth-order valence-corrected chi connectivity index (χ4v) is 2.99. The first kappa shape index (κ1) is 19.5. The Bertz CT molecular complexity index is 838. The molecule has 0 fully saturated rings. The third kappa shape index (κ3) is 4.85. The average molecular weight is 376 g/mol. The molecule has 0 radical (unpaired) electrons. The van der Waals surface area contributed by atoms with E-state index in [1.165, 1.54) is 0 Å². The third-order valence-corrected chi connectivity index (χ3v) is 4.60. The second kappa shape index (κ2) is 9.04. The van der Waals surface area contributed by atoms with Crippen molar-refractivity contribution in [3.05, 3.63) is 46.2 Å². The summed E-state index contributed by atoms with van der Waals surface area (Å²) in [7, 11) is 0. The minimum Gasteiger partial charge on any atom is -0.465 e. The summed E-state index contributed by atoms with van der Waals surface area (Å²) in [5, 5.41) is 2.13. The number of esters is 1. The Morgan fingerprint density at radius 3 is 2.58 bits per heavy atom. The zero-order chi connectivity index (χ0) is 19.1. The lowest BCUT2D eigenvalue weighted by Crippen LogP contribution is -2.24. The standard InChI is InChI=1S/C17H20N4O4S/c1-3-11(16(24)25-4-2)26-17-20-13(18)12(15(23)21-17)19-14(22)10-8-6-5-7-9-10/h5-9,11H,3-4H2,1-2H3,(H,19,22)(H3,18,20,21,23)/t11-/m0/s1. The molecule has 0 bridgehead atoms. The molecule has 4 N–H and O–H groups in total. The van der Waals surface area contributed by atoms with Crippen LogP contribution in [0.3, 0.4) is 0 Å². The molecule has 2 aromatic rings. The van der Waals surface area contributed by atoms with Crippen LogP contribution in [0.4, 0.5) is 11.5 Å². The summed E-state index contributed by atoms with van der Waals surface area (Å²) in [6.45, 7) is 3.81. The van der Waals surface area contributed by atoms with E-state index < -0.39 is 16.7 Å². The van der Waals surface area contributed by atoms with Crippen LogP contribution >= 0.6 is 11.8 Å². The van der Waals surface area contributed by atoms with Crippen LogP contribution in [0.15, 0.2) is 40.3 Å². The van der Waals surface area contributed by atoms with Crippen LogP contribution in [-0.4, -0.2) is 33.7 Å². The van der Waals surface area contributed by atoms with Gasteiger partial charge in [-0.25, -0.2) is 4.98 Å². The number of rotatable bonds is 7. The molecule has 9 heteroatoms. The zero-order valence-electron chi connectivity index (χ0n) is 14.4. The van der Waals surface area contributed by atoms with E-state index in [1.54, 1.807) is 37.3 Å². The summed E-state index contributed by atoms with van der Waals surface area (Å²) in [5.41, 5.74) is 5.49. The van der Waals surface area contributed by atoms with Crippen molar-refractivity contribution in [1.82, 2.24) is 9.97 Å². The number of nitrogens with one attached hydrogen (secondary N) is 2. The molecule has 1 aromatic carbocycles. The van der Waals surface area contributed by atoms with Gasteiger partial charge in [0, 0.05) is 5.56 Å². The number of aromatic amines is 1. The third-order valence-electron chi connectivity index (χ3n) is 3.37. The Hall–Kier alpha value is -2.81. The summed E-state index contributed by atoms with van der Waals surface area (Å²) < 4.78 is 4.99. The topological polar surface area (TPSA) is 127 Å². The molecule has 0 saturated heterocycles. The van der Waals surface area contributed by atoms with Crippen molar-refractivity contribution in [2.75, 3.05) is 17.7 Å². The van der Waals surface area contributed by atoms with Crippen molar-refractivity contribution in [3.8, 4) is 0 Å². The molecule has 1 heterocycles. The second-order valence-corrected chi connectivity index (χ2v) is 6.41. The molecule has 0 aliphatic rings. The molecule has 0 aliphatic carbocycles. The average Bonchev–Trinajstić information content (AvgIpc) is 2.63. The maximum absolute atomic E-state index is 12.3. The van der Waals surface area contributed by atoms with E-state index in [2.05, 4.69) is 15.3 Å².